The summed E-state index contributed by atoms with van der Waals surface area (Å²) in [5, 5.41) is 3.42. The van der Waals surface area contributed by atoms with Gasteiger partial charge in [-0.15, -0.1) is 0 Å². The first kappa shape index (κ1) is 12.9. The van der Waals surface area contributed by atoms with E-state index in [-0.39, 0.29) is 0 Å². The number of nitrogens with zero attached hydrogens (tertiary/aromatic N) is 1. The fourth-order valence-corrected chi connectivity index (χ4v) is 1.86. The van der Waals surface area contributed by atoms with Crippen LogP contribution in [0.4, 0.5) is 0 Å². The van der Waals surface area contributed by atoms with Crippen LogP contribution in [-0.4, -0.2) is 50.8 Å². The van der Waals surface area contributed by atoms with Crippen LogP contribution in [0.3, 0.4) is 0 Å². The summed E-state index contributed by atoms with van der Waals surface area (Å²) >= 11 is 0. The van der Waals surface area contributed by atoms with Crippen molar-refractivity contribution < 1.29 is 4.74 Å². The van der Waals surface area contributed by atoms with Crippen LogP contribution in [0.1, 0.15) is 32.6 Å². The van der Waals surface area contributed by atoms with Gasteiger partial charge in [-0.05, 0) is 32.4 Å². The van der Waals surface area contributed by atoms with Gasteiger partial charge >= 0.3 is 0 Å². The Kier molecular flexibility index (Phi) is 7.88. The topological polar surface area (TPSA) is 24.5 Å². The van der Waals surface area contributed by atoms with E-state index in [1.165, 1.54) is 51.9 Å². The zero-order valence-corrected chi connectivity index (χ0v) is 10.1. The van der Waals surface area contributed by atoms with Gasteiger partial charge in [0.05, 0.1) is 0 Å². The van der Waals surface area contributed by atoms with Crippen LogP contribution in [0.2, 0.25) is 0 Å². The van der Waals surface area contributed by atoms with Crippen molar-refractivity contribution in [2.75, 3.05) is 45.9 Å². The molecule has 1 fully saturated rings. The fourth-order valence-electron chi connectivity index (χ4n) is 1.86. The van der Waals surface area contributed by atoms with E-state index in [4.69, 9.17) is 4.74 Å². The van der Waals surface area contributed by atoms with E-state index in [9.17, 15) is 0 Å². The first-order valence-corrected chi connectivity index (χ1v) is 6.44. The second-order valence-electron chi connectivity index (χ2n) is 4.26. The summed E-state index contributed by atoms with van der Waals surface area (Å²) in [6.45, 7) is 10.1. The Hall–Kier alpha value is -0.120. The molecule has 0 bridgehead atoms. The van der Waals surface area contributed by atoms with Gasteiger partial charge in [-0.3, -0.25) is 0 Å². The Labute approximate surface area is 94.2 Å². The summed E-state index contributed by atoms with van der Waals surface area (Å²) in [5.41, 5.74) is 0. The van der Waals surface area contributed by atoms with Gasteiger partial charge in [0.15, 0.2) is 0 Å². The highest BCUT2D eigenvalue weighted by Crippen LogP contribution is 1.97. The van der Waals surface area contributed by atoms with Gasteiger partial charge in [0, 0.05) is 32.8 Å². The highest BCUT2D eigenvalue weighted by Gasteiger charge is 2.07. The molecule has 1 aliphatic heterocycles. The molecule has 3 nitrogen and oxygen atoms in total. The smallest absolute Gasteiger partial charge is 0.0478 e. The Morgan fingerprint density at radius 1 is 1.13 bits per heavy atom. The van der Waals surface area contributed by atoms with Gasteiger partial charge in [-0.1, -0.05) is 13.3 Å². The molecule has 0 aromatic carbocycles. The molecule has 0 spiro atoms. The average molecular weight is 214 g/mol. The van der Waals surface area contributed by atoms with Crippen molar-refractivity contribution in [3.8, 4) is 0 Å². The number of rotatable bonds is 7. The number of nitrogens with one attached hydrogen (secondary N) is 1. The second kappa shape index (κ2) is 9.13. The first-order chi connectivity index (χ1) is 7.43. The van der Waals surface area contributed by atoms with Crippen molar-refractivity contribution >= 4 is 0 Å². The molecule has 1 N–H and O–H groups in total. The van der Waals surface area contributed by atoms with E-state index in [1.54, 1.807) is 0 Å². The third-order valence-electron chi connectivity index (χ3n) is 2.84. The van der Waals surface area contributed by atoms with Crippen LogP contribution in [0.5, 0.6) is 0 Å². The standard InChI is InChI=1S/C12H26N2O/c1-2-3-11-15-12-5-9-14-8-4-6-13-7-10-14/h13H,2-12H2,1H3. The number of hydrogen-bond acceptors (Lipinski definition) is 3. The third-order valence-corrected chi connectivity index (χ3v) is 2.84. The molecule has 15 heavy (non-hydrogen) atoms. The predicted molar refractivity (Wildman–Crippen MR) is 64.3 cm³/mol. The van der Waals surface area contributed by atoms with Crippen molar-refractivity contribution in [1.29, 1.82) is 0 Å². The van der Waals surface area contributed by atoms with Crippen LogP contribution in [-0.2, 0) is 4.74 Å². The van der Waals surface area contributed by atoms with Crippen LogP contribution >= 0.6 is 0 Å². The number of ether oxygens (including phenoxy) is 1. The third kappa shape index (κ3) is 6.88. The fraction of sp³-hybridized carbons (Fsp3) is 1.00. The minimum Gasteiger partial charge on any atom is -0.381 e. The van der Waals surface area contributed by atoms with Crippen LogP contribution < -0.4 is 5.32 Å². The molecular formula is C12H26N2O. The van der Waals surface area contributed by atoms with Crippen LogP contribution in [0, 0.1) is 0 Å². The SMILES string of the molecule is CCCCOCCCN1CCCNCC1. The highest BCUT2D eigenvalue weighted by atomic mass is 16.5. The maximum absolute atomic E-state index is 5.55. The summed E-state index contributed by atoms with van der Waals surface area (Å²) < 4.78 is 5.55. The number of hydrogen-bond donors (Lipinski definition) is 1. The lowest BCUT2D eigenvalue weighted by atomic mass is 10.3. The molecule has 1 aliphatic rings. The summed E-state index contributed by atoms with van der Waals surface area (Å²) in [5.74, 6) is 0. The predicted octanol–water partition coefficient (Wildman–Crippen LogP) is 1.49. The zero-order valence-electron chi connectivity index (χ0n) is 10.1. The quantitative estimate of drug-likeness (QED) is 0.650. The van der Waals surface area contributed by atoms with Gasteiger partial charge < -0.3 is 15.0 Å². The minimum atomic E-state index is 0.934. The molecule has 0 atom stereocenters. The first-order valence-electron chi connectivity index (χ1n) is 6.44. The summed E-state index contributed by atoms with van der Waals surface area (Å²) in [4.78, 5) is 2.54. The maximum atomic E-state index is 5.55. The van der Waals surface area contributed by atoms with E-state index < -0.39 is 0 Å². The van der Waals surface area contributed by atoms with E-state index in [1.807, 2.05) is 0 Å². The maximum Gasteiger partial charge on any atom is 0.0478 e. The average Bonchev–Trinajstić information content (AvgIpc) is 2.52. The van der Waals surface area contributed by atoms with Gasteiger partial charge in [0.2, 0.25) is 0 Å². The van der Waals surface area contributed by atoms with Crippen LogP contribution in [0.15, 0.2) is 0 Å². The Bertz CT molecular complexity index is 134. The van der Waals surface area contributed by atoms with Crippen molar-refractivity contribution in [2.24, 2.45) is 0 Å². The van der Waals surface area contributed by atoms with E-state index in [2.05, 4.69) is 17.1 Å². The van der Waals surface area contributed by atoms with Gasteiger partial charge in [-0.2, -0.15) is 0 Å². The molecule has 0 amide bonds. The molecule has 1 rings (SSSR count). The van der Waals surface area contributed by atoms with Gasteiger partial charge in [0.1, 0.15) is 0 Å². The Morgan fingerprint density at radius 2 is 2.00 bits per heavy atom. The monoisotopic (exact) mass is 214 g/mol. The summed E-state index contributed by atoms with van der Waals surface area (Å²) in [6, 6.07) is 0. The molecular weight excluding hydrogens is 188 g/mol. The lowest BCUT2D eigenvalue weighted by Crippen LogP contribution is -2.29. The van der Waals surface area contributed by atoms with E-state index in [0.717, 1.165) is 19.8 Å². The van der Waals surface area contributed by atoms with E-state index in [0.29, 0.717) is 0 Å². The molecule has 1 saturated heterocycles. The van der Waals surface area contributed by atoms with Crippen molar-refractivity contribution in [2.45, 2.75) is 32.6 Å². The normalized spacial score (nSPS) is 19.0. The Morgan fingerprint density at radius 3 is 2.87 bits per heavy atom. The molecule has 3 heteroatoms. The van der Waals surface area contributed by atoms with Crippen molar-refractivity contribution in [1.82, 2.24) is 10.2 Å². The van der Waals surface area contributed by atoms with Gasteiger partial charge in [0.25, 0.3) is 0 Å². The summed E-state index contributed by atoms with van der Waals surface area (Å²) in [7, 11) is 0. The lowest BCUT2D eigenvalue weighted by Gasteiger charge is -2.18. The molecule has 0 aromatic heterocycles. The van der Waals surface area contributed by atoms with Crippen molar-refractivity contribution in [3.05, 3.63) is 0 Å². The molecule has 0 radical (unpaired) electrons. The Balaban J connectivity index is 1.89. The van der Waals surface area contributed by atoms with Crippen LogP contribution in [0.25, 0.3) is 0 Å². The molecule has 90 valence electrons. The number of unbranched alkanes of at least 4 members (excludes halogenated alkanes) is 1. The van der Waals surface area contributed by atoms with Gasteiger partial charge in [-0.25, -0.2) is 0 Å². The minimum absolute atomic E-state index is 0.934. The lowest BCUT2D eigenvalue weighted by molar-refractivity contribution is 0.119. The molecule has 0 saturated carbocycles. The molecule has 0 aromatic rings. The summed E-state index contributed by atoms with van der Waals surface area (Å²) in [6.07, 6.45) is 4.91. The molecule has 0 aliphatic carbocycles. The zero-order chi connectivity index (χ0) is 10.8. The highest BCUT2D eigenvalue weighted by molar-refractivity contribution is 4.65. The second-order valence-corrected chi connectivity index (χ2v) is 4.26. The molecule has 1 heterocycles. The van der Waals surface area contributed by atoms with E-state index >= 15 is 0 Å². The largest absolute Gasteiger partial charge is 0.381 e. The molecule has 0 unspecified atom stereocenters. The van der Waals surface area contributed by atoms with Crippen molar-refractivity contribution in [3.63, 3.8) is 0 Å².